The smallest absolute Gasteiger partial charge is 0.147 e. The van der Waals surface area contributed by atoms with Crippen LogP contribution in [0.4, 0.5) is 5.82 Å². The molecule has 1 heterocycles. The second kappa shape index (κ2) is 7.31. The van der Waals surface area contributed by atoms with Crippen molar-refractivity contribution in [3.05, 3.63) is 18.1 Å². The van der Waals surface area contributed by atoms with Crippen LogP contribution in [0.1, 0.15) is 46.7 Å². The van der Waals surface area contributed by atoms with Crippen LogP contribution in [-0.2, 0) is 6.54 Å². The van der Waals surface area contributed by atoms with Gasteiger partial charge >= 0.3 is 0 Å². The summed E-state index contributed by atoms with van der Waals surface area (Å²) in [5.74, 6) is 0.981. The van der Waals surface area contributed by atoms with Crippen LogP contribution in [0.15, 0.2) is 12.4 Å². The van der Waals surface area contributed by atoms with E-state index in [1.807, 2.05) is 12.4 Å². The predicted molar refractivity (Wildman–Crippen MR) is 76.8 cm³/mol. The Hall–Kier alpha value is -1.16. The molecule has 102 valence electrons. The third-order valence-electron chi connectivity index (χ3n) is 3.12. The molecule has 0 spiro atoms. The highest BCUT2D eigenvalue weighted by Gasteiger charge is 2.13. The summed E-state index contributed by atoms with van der Waals surface area (Å²) in [5, 5.41) is 3.37. The summed E-state index contributed by atoms with van der Waals surface area (Å²) >= 11 is 0. The summed E-state index contributed by atoms with van der Waals surface area (Å²) in [5.41, 5.74) is 1.00. The third kappa shape index (κ3) is 4.26. The molecule has 4 nitrogen and oxygen atoms in total. The van der Waals surface area contributed by atoms with Gasteiger partial charge in [-0.25, -0.2) is 4.98 Å². The first kappa shape index (κ1) is 14.9. The van der Waals surface area contributed by atoms with E-state index in [4.69, 9.17) is 0 Å². The quantitative estimate of drug-likeness (QED) is 0.807. The number of nitrogens with zero attached hydrogens (tertiary/aromatic N) is 3. The Morgan fingerprint density at radius 1 is 1.22 bits per heavy atom. The number of rotatable bonds is 7. The fourth-order valence-corrected chi connectivity index (χ4v) is 1.85. The van der Waals surface area contributed by atoms with E-state index in [1.165, 1.54) is 0 Å². The first-order valence-corrected chi connectivity index (χ1v) is 6.89. The van der Waals surface area contributed by atoms with Crippen molar-refractivity contribution >= 4 is 5.82 Å². The summed E-state index contributed by atoms with van der Waals surface area (Å²) in [6, 6.07) is 0.963. The van der Waals surface area contributed by atoms with Gasteiger partial charge < -0.3 is 10.2 Å². The Labute approximate surface area is 111 Å². The standard InChI is InChI=1S/C14H26N4/c1-6-12(5)18(7-2)14-10-15-8-13(17-14)9-16-11(3)4/h8,10-12,16H,6-7,9H2,1-5H3. The third-order valence-corrected chi connectivity index (χ3v) is 3.12. The summed E-state index contributed by atoms with van der Waals surface area (Å²) < 4.78 is 0. The largest absolute Gasteiger partial charge is 0.353 e. The molecule has 0 saturated heterocycles. The van der Waals surface area contributed by atoms with Crippen LogP contribution in [0.25, 0.3) is 0 Å². The van der Waals surface area contributed by atoms with Crippen molar-refractivity contribution < 1.29 is 0 Å². The van der Waals surface area contributed by atoms with Gasteiger partial charge in [-0.1, -0.05) is 20.8 Å². The van der Waals surface area contributed by atoms with Gasteiger partial charge in [0.15, 0.2) is 0 Å². The van der Waals surface area contributed by atoms with E-state index in [-0.39, 0.29) is 0 Å². The molecule has 0 aliphatic carbocycles. The van der Waals surface area contributed by atoms with Crippen LogP contribution >= 0.6 is 0 Å². The summed E-state index contributed by atoms with van der Waals surface area (Å²) in [6.45, 7) is 12.6. The van der Waals surface area contributed by atoms with E-state index in [0.717, 1.165) is 31.0 Å². The van der Waals surface area contributed by atoms with Crippen LogP contribution in [0.2, 0.25) is 0 Å². The van der Waals surface area contributed by atoms with Gasteiger partial charge in [0.2, 0.25) is 0 Å². The van der Waals surface area contributed by atoms with Gasteiger partial charge in [0.25, 0.3) is 0 Å². The zero-order valence-corrected chi connectivity index (χ0v) is 12.3. The lowest BCUT2D eigenvalue weighted by molar-refractivity contribution is 0.576. The molecule has 0 radical (unpaired) electrons. The zero-order valence-electron chi connectivity index (χ0n) is 12.3. The Kier molecular flexibility index (Phi) is 6.05. The van der Waals surface area contributed by atoms with Crippen LogP contribution < -0.4 is 10.2 Å². The lowest BCUT2D eigenvalue weighted by Gasteiger charge is -2.28. The maximum absolute atomic E-state index is 4.69. The first-order chi connectivity index (χ1) is 8.58. The van der Waals surface area contributed by atoms with Gasteiger partial charge in [0, 0.05) is 31.4 Å². The average molecular weight is 250 g/mol. The van der Waals surface area contributed by atoms with Crippen molar-refractivity contribution in [3.63, 3.8) is 0 Å². The highest BCUT2D eigenvalue weighted by molar-refractivity contribution is 5.37. The molecule has 0 aromatic carbocycles. The van der Waals surface area contributed by atoms with Crippen LogP contribution in [0.3, 0.4) is 0 Å². The van der Waals surface area contributed by atoms with Crippen molar-refractivity contribution in [1.29, 1.82) is 0 Å². The van der Waals surface area contributed by atoms with Crippen molar-refractivity contribution in [2.45, 2.75) is 59.7 Å². The first-order valence-electron chi connectivity index (χ1n) is 6.89. The van der Waals surface area contributed by atoms with Gasteiger partial charge in [-0.05, 0) is 20.3 Å². The van der Waals surface area contributed by atoms with Crippen LogP contribution in [0, 0.1) is 0 Å². The summed E-state index contributed by atoms with van der Waals surface area (Å²) in [6.07, 6.45) is 4.81. The normalized spacial score (nSPS) is 12.8. The second-order valence-electron chi connectivity index (χ2n) is 4.95. The number of nitrogens with one attached hydrogen (secondary N) is 1. The fourth-order valence-electron chi connectivity index (χ4n) is 1.85. The van der Waals surface area contributed by atoms with E-state index in [2.05, 4.69) is 54.8 Å². The monoisotopic (exact) mass is 250 g/mol. The van der Waals surface area contributed by atoms with Crippen LogP contribution in [-0.4, -0.2) is 28.6 Å². The lowest BCUT2D eigenvalue weighted by atomic mass is 10.2. The predicted octanol–water partition coefficient (Wildman–Crippen LogP) is 2.60. The Bertz CT molecular complexity index is 351. The Morgan fingerprint density at radius 3 is 2.50 bits per heavy atom. The minimum absolute atomic E-state index is 0.465. The second-order valence-corrected chi connectivity index (χ2v) is 4.95. The molecule has 1 aromatic heterocycles. The van der Waals surface area contributed by atoms with Gasteiger partial charge in [-0.2, -0.15) is 0 Å². The van der Waals surface area contributed by atoms with Gasteiger partial charge in [0.1, 0.15) is 5.82 Å². The van der Waals surface area contributed by atoms with Gasteiger partial charge in [-0.3, -0.25) is 4.98 Å². The van der Waals surface area contributed by atoms with Gasteiger partial charge in [-0.15, -0.1) is 0 Å². The molecule has 0 bridgehead atoms. The highest BCUT2D eigenvalue weighted by atomic mass is 15.2. The highest BCUT2D eigenvalue weighted by Crippen LogP contribution is 2.14. The van der Waals surface area contributed by atoms with Crippen molar-refractivity contribution in [2.24, 2.45) is 0 Å². The number of anilines is 1. The summed E-state index contributed by atoms with van der Waals surface area (Å²) in [7, 11) is 0. The van der Waals surface area contributed by atoms with E-state index >= 15 is 0 Å². The molecule has 0 saturated carbocycles. The van der Waals surface area contributed by atoms with Crippen molar-refractivity contribution in [3.8, 4) is 0 Å². The molecule has 1 rings (SSSR count). The molecule has 1 N–H and O–H groups in total. The molecule has 0 amide bonds. The topological polar surface area (TPSA) is 41.1 Å². The fraction of sp³-hybridized carbons (Fsp3) is 0.714. The molecule has 18 heavy (non-hydrogen) atoms. The minimum atomic E-state index is 0.465. The van der Waals surface area contributed by atoms with E-state index in [0.29, 0.717) is 12.1 Å². The Morgan fingerprint density at radius 2 is 1.94 bits per heavy atom. The van der Waals surface area contributed by atoms with E-state index < -0.39 is 0 Å². The molecule has 1 aromatic rings. The van der Waals surface area contributed by atoms with Gasteiger partial charge in [0.05, 0.1) is 11.9 Å². The molecular formula is C14H26N4. The maximum atomic E-state index is 4.69. The molecule has 0 aliphatic rings. The minimum Gasteiger partial charge on any atom is -0.353 e. The van der Waals surface area contributed by atoms with E-state index in [1.54, 1.807) is 0 Å². The van der Waals surface area contributed by atoms with Crippen molar-refractivity contribution in [1.82, 2.24) is 15.3 Å². The molecule has 4 heteroatoms. The zero-order chi connectivity index (χ0) is 13.5. The SMILES string of the molecule is CCC(C)N(CC)c1cncc(CNC(C)C)n1. The molecule has 1 atom stereocenters. The summed E-state index contributed by atoms with van der Waals surface area (Å²) in [4.78, 5) is 11.3. The molecule has 1 unspecified atom stereocenters. The van der Waals surface area contributed by atoms with Crippen molar-refractivity contribution in [2.75, 3.05) is 11.4 Å². The number of hydrogen-bond donors (Lipinski definition) is 1. The molecule has 0 fully saturated rings. The molecular weight excluding hydrogens is 224 g/mol. The maximum Gasteiger partial charge on any atom is 0.147 e. The number of aromatic nitrogens is 2. The molecule has 0 aliphatic heterocycles. The van der Waals surface area contributed by atoms with E-state index in [9.17, 15) is 0 Å². The Balaban J connectivity index is 2.79. The lowest BCUT2D eigenvalue weighted by Crippen LogP contribution is -2.33. The van der Waals surface area contributed by atoms with Crippen LogP contribution in [0.5, 0.6) is 0 Å². The average Bonchev–Trinajstić information content (AvgIpc) is 2.37. The number of hydrogen-bond acceptors (Lipinski definition) is 4.